The van der Waals surface area contributed by atoms with Gasteiger partial charge in [0.25, 0.3) is 0 Å². The number of thiazole rings is 1. The van der Waals surface area contributed by atoms with Crippen LogP contribution in [0.2, 0.25) is 0 Å². The summed E-state index contributed by atoms with van der Waals surface area (Å²) in [6.45, 7) is 13.5. The van der Waals surface area contributed by atoms with Crippen LogP contribution in [0, 0.1) is 0 Å². The van der Waals surface area contributed by atoms with E-state index in [2.05, 4.69) is 39.8 Å². The van der Waals surface area contributed by atoms with E-state index in [-0.39, 0.29) is 0 Å². The number of carbonyl (C=O) groups is 1. The molecule has 1 amide bonds. The van der Waals surface area contributed by atoms with Crippen molar-refractivity contribution in [2.75, 3.05) is 32.1 Å². The molecule has 0 spiro atoms. The van der Waals surface area contributed by atoms with Gasteiger partial charge in [0, 0.05) is 32.6 Å². The van der Waals surface area contributed by atoms with Crippen LogP contribution in [-0.2, 0) is 11.3 Å². The highest BCUT2D eigenvalue weighted by molar-refractivity contribution is 7.13. The Bertz CT molecular complexity index is 662. The molecule has 166 valence electrons. The quantitative estimate of drug-likeness (QED) is 0.414. The van der Waals surface area contributed by atoms with E-state index >= 15 is 0 Å². The molecule has 0 radical (unpaired) electrons. The summed E-state index contributed by atoms with van der Waals surface area (Å²) >= 11 is 1.60. The zero-order chi connectivity index (χ0) is 22.1. The van der Waals surface area contributed by atoms with Crippen molar-refractivity contribution in [1.29, 1.82) is 0 Å². The molecule has 0 aliphatic rings. The SMILES string of the molecule is CCNC(=NCc1csc(N(C)C)n1)NCC(CC)(CC)NC(=O)OC(C)(C)C. The van der Waals surface area contributed by atoms with Gasteiger partial charge in [-0.2, -0.15) is 0 Å². The summed E-state index contributed by atoms with van der Waals surface area (Å²) < 4.78 is 5.44. The largest absolute Gasteiger partial charge is 0.444 e. The Hall–Kier alpha value is -2.03. The number of alkyl carbamates (subject to hydrolysis) is 1. The fourth-order valence-corrected chi connectivity index (χ4v) is 3.32. The maximum atomic E-state index is 12.3. The zero-order valence-electron chi connectivity index (χ0n) is 19.2. The number of rotatable bonds is 9. The number of hydrogen-bond donors (Lipinski definition) is 3. The van der Waals surface area contributed by atoms with E-state index in [0.29, 0.717) is 19.0 Å². The lowest BCUT2D eigenvalue weighted by molar-refractivity contribution is 0.0448. The number of carbonyl (C=O) groups excluding carboxylic acids is 1. The topological polar surface area (TPSA) is 90.9 Å². The summed E-state index contributed by atoms with van der Waals surface area (Å²) in [4.78, 5) is 23.5. The molecule has 0 aliphatic heterocycles. The fraction of sp³-hybridized carbons (Fsp3) is 0.750. The first-order valence-electron chi connectivity index (χ1n) is 10.2. The lowest BCUT2D eigenvalue weighted by atomic mass is 9.93. The minimum absolute atomic E-state index is 0.399. The third kappa shape index (κ3) is 8.89. The lowest BCUT2D eigenvalue weighted by Crippen LogP contribution is -2.57. The molecule has 0 bridgehead atoms. The van der Waals surface area contributed by atoms with Gasteiger partial charge in [0.2, 0.25) is 0 Å². The molecule has 29 heavy (non-hydrogen) atoms. The van der Waals surface area contributed by atoms with Crippen LogP contribution in [0.3, 0.4) is 0 Å². The molecular formula is C20H38N6O2S. The second-order valence-corrected chi connectivity index (χ2v) is 9.02. The molecule has 1 aromatic heterocycles. The number of aliphatic imine (C=N–C) groups is 1. The van der Waals surface area contributed by atoms with Crippen molar-refractivity contribution < 1.29 is 9.53 Å². The van der Waals surface area contributed by atoms with Crippen LogP contribution in [-0.4, -0.2) is 55.4 Å². The third-order valence-electron chi connectivity index (χ3n) is 4.38. The Morgan fingerprint density at radius 3 is 2.34 bits per heavy atom. The lowest BCUT2D eigenvalue weighted by Gasteiger charge is -2.34. The predicted octanol–water partition coefficient (Wildman–Crippen LogP) is 3.35. The summed E-state index contributed by atoms with van der Waals surface area (Å²) in [5.74, 6) is 0.698. The summed E-state index contributed by atoms with van der Waals surface area (Å²) in [6, 6.07) is 0. The number of anilines is 1. The van der Waals surface area contributed by atoms with Crippen LogP contribution in [0.4, 0.5) is 9.93 Å². The molecule has 9 heteroatoms. The molecule has 0 aliphatic carbocycles. The number of aromatic nitrogens is 1. The van der Waals surface area contributed by atoms with Gasteiger partial charge in [0.15, 0.2) is 11.1 Å². The highest BCUT2D eigenvalue weighted by Gasteiger charge is 2.30. The average Bonchev–Trinajstić information content (AvgIpc) is 3.10. The Morgan fingerprint density at radius 1 is 1.21 bits per heavy atom. The highest BCUT2D eigenvalue weighted by atomic mass is 32.1. The Balaban J connectivity index is 2.79. The molecule has 0 saturated carbocycles. The second-order valence-electron chi connectivity index (χ2n) is 8.18. The van der Waals surface area contributed by atoms with Gasteiger partial charge >= 0.3 is 6.09 Å². The molecule has 0 unspecified atom stereocenters. The van der Waals surface area contributed by atoms with E-state index in [4.69, 9.17) is 4.74 Å². The number of ether oxygens (including phenoxy) is 1. The molecule has 0 fully saturated rings. The van der Waals surface area contributed by atoms with Gasteiger partial charge in [0.1, 0.15) is 5.60 Å². The van der Waals surface area contributed by atoms with Crippen molar-refractivity contribution in [3.05, 3.63) is 11.1 Å². The average molecular weight is 427 g/mol. The first kappa shape index (κ1) is 25.0. The Labute approximate surface area is 179 Å². The molecule has 1 rings (SSSR count). The van der Waals surface area contributed by atoms with E-state index in [1.165, 1.54) is 0 Å². The molecular weight excluding hydrogens is 388 g/mol. The van der Waals surface area contributed by atoms with Crippen LogP contribution in [0.5, 0.6) is 0 Å². The van der Waals surface area contributed by atoms with Crippen molar-refractivity contribution in [2.24, 2.45) is 4.99 Å². The smallest absolute Gasteiger partial charge is 0.408 e. The first-order chi connectivity index (χ1) is 13.5. The maximum absolute atomic E-state index is 12.3. The molecule has 0 atom stereocenters. The monoisotopic (exact) mass is 426 g/mol. The number of nitrogens with one attached hydrogen (secondary N) is 3. The van der Waals surface area contributed by atoms with Crippen molar-refractivity contribution in [3.63, 3.8) is 0 Å². The molecule has 1 heterocycles. The van der Waals surface area contributed by atoms with E-state index in [1.807, 2.05) is 52.1 Å². The minimum Gasteiger partial charge on any atom is -0.444 e. The molecule has 1 aromatic rings. The van der Waals surface area contributed by atoms with Crippen LogP contribution in [0.25, 0.3) is 0 Å². The molecule has 0 saturated heterocycles. The maximum Gasteiger partial charge on any atom is 0.408 e. The summed E-state index contributed by atoms with van der Waals surface area (Å²) in [6.07, 6.45) is 1.14. The number of hydrogen-bond acceptors (Lipinski definition) is 6. The van der Waals surface area contributed by atoms with E-state index in [0.717, 1.165) is 30.2 Å². The predicted molar refractivity (Wildman–Crippen MR) is 122 cm³/mol. The van der Waals surface area contributed by atoms with Gasteiger partial charge in [0.05, 0.1) is 17.8 Å². The molecule has 0 aromatic carbocycles. The Morgan fingerprint density at radius 2 is 1.86 bits per heavy atom. The van der Waals surface area contributed by atoms with Gasteiger partial charge in [-0.3, -0.25) is 0 Å². The van der Waals surface area contributed by atoms with Gasteiger partial charge in [-0.1, -0.05) is 13.8 Å². The van der Waals surface area contributed by atoms with Gasteiger partial charge in [-0.05, 0) is 40.5 Å². The third-order valence-corrected chi connectivity index (χ3v) is 5.44. The standard InChI is InChI=1S/C20H38N6O2S/c1-9-20(10-2,25-18(27)28-19(4,5)6)14-23-16(21-11-3)22-12-15-13-29-17(24-15)26(7)8/h13H,9-12,14H2,1-8H3,(H,25,27)(H2,21,22,23). The fourth-order valence-electron chi connectivity index (χ4n) is 2.57. The zero-order valence-corrected chi connectivity index (χ0v) is 20.0. The van der Waals surface area contributed by atoms with Crippen molar-refractivity contribution in [2.45, 2.75) is 72.1 Å². The Kier molecular flexibility index (Phi) is 9.68. The van der Waals surface area contributed by atoms with Gasteiger partial charge in [-0.25, -0.2) is 14.8 Å². The van der Waals surface area contributed by atoms with Crippen molar-refractivity contribution in [3.8, 4) is 0 Å². The molecule has 8 nitrogen and oxygen atoms in total. The van der Waals surface area contributed by atoms with Crippen LogP contribution in [0.15, 0.2) is 10.4 Å². The van der Waals surface area contributed by atoms with Crippen LogP contribution in [0.1, 0.15) is 60.1 Å². The summed E-state index contributed by atoms with van der Waals surface area (Å²) in [5.41, 5.74) is -0.0165. The van der Waals surface area contributed by atoms with E-state index < -0.39 is 17.2 Å². The summed E-state index contributed by atoms with van der Waals surface area (Å²) in [7, 11) is 3.95. The molecule has 3 N–H and O–H groups in total. The summed E-state index contributed by atoms with van der Waals surface area (Å²) in [5, 5.41) is 12.7. The van der Waals surface area contributed by atoms with Crippen LogP contribution < -0.4 is 20.9 Å². The number of amides is 1. The van der Waals surface area contributed by atoms with Crippen molar-refractivity contribution in [1.82, 2.24) is 20.9 Å². The van der Waals surface area contributed by atoms with Gasteiger partial charge < -0.3 is 25.6 Å². The second kappa shape index (κ2) is 11.2. The first-order valence-corrected chi connectivity index (χ1v) is 11.1. The minimum atomic E-state index is -0.528. The normalized spacial score (nSPS) is 12.5. The van der Waals surface area contributed by atoms with E-state index in [1.54, 1.807) is 11.3 Å². The van der Waals surface area contributed by atoms with E-state index in [9.17, 15) is 4.79 Å². The highest BCUT2D eigenvalue weighted by Crippen LogP contribution is 2.19. The van der Waals surface area contributed by atoms with Gasteiger partial charge in [-0.15, -0.1) is 11.3 Å². The van der Waals surface area contributed by atoms with Crippen molar-refractivity contribution >= 4 is 28.5 Å². The van der Waals surface area contributed by atoms with Crippen LogP contribution >= 0.6 is 11.3 Å². The number of nitrogens with zero attached hydrogens (tertiary/aromatic N) is 3. The number of guanidine groups is 1.